The van der Waals surface area contributed by atoms with E-state index in [9.17, 15) is 8.42 Å². The summed E-state index contributed by atoms with van der Waals surface area (Å²) in [6, 6.07) is 21.0. The molecule has 5 rings (SSSR count). The zero-order valence-corrected chi connectivity index (χ0v) is 20.7. The second-order valence-corrected chi connectivity index (χ2v) is 11.3. The molecule has 7 nitrogen and oxygen atoms in total. The van der Waals surface area contributed by atoms with Crippen molar-refractivity contribution in [2.75, 3.05) is 18.5 Å². The molecule has 0 bridgehead atoms. The highest BCUT2D eigenvalue weighted by molar-refractivity contribution is 7.89. The first-order valence-electron chi connectivity index (χ1n) is 11.5. The fourth-order valence-electron chi connectivity index (χ4n) is 4.22. The molecular formula is C26H26N4O3S2. The number of furan rings is 1. The number of benzene rings is 2. The van der Waals surface area contributed by atoms with Crippen LogP contribution >= 0.6 is 11.3 Å². The van der Waals surface area contributed by atoms with Gasteiger partial charge in [0.2, 0.25) is 15.2 Å². The molecule has 1 fully saturated rings. The van der Waals surface area contributed by atoms with Crippen molar-refractivity contribution in [1.29, 1.82) is 0 Å². The maximum Gasteiger partial charge on any atom is 0.243 e. The minimum atomic E-state index is -3.51. The normalized spacial score (nSPS) is 15.5. The van der Waals surface area contributed by atoms with Crippen LogP contribution in [0.15, 0.2) is 92.8 Å². The van der Waals surface area contributed by atoms with Crippen LogP contribution < -0.4 is 5.43 Å². The third kappa shape index (κ3) is 5.70. The fraction of sp³-hybridized carbons (Fsp3) is 0.231. The molecule has 4 aromatic rings. The predicted molar refractivity (Wildman–Crippen MR) is 139 cm³/mol. The summed E-state index contributed by atoms with van der Waals surface area (Å²) in [6.45, 7) is 1.11. The van der Waals surface area contributed by atoms with Crippen LogP contribution in [0.25, 0.3) is 11.3 Å². The molecule has 0 atom stereocenters. The first-order valence-corrected chi connectivity index (χ1v) is 13.8. The van der Waals surface area contributed by atoms with Crippen molar-refractivity contribution in [3.63, 3.8) is 0 Å². The van der Waals surface area contributed by atoms with E-state index < -0.39 is 10.0 Å². The molecule has 35 heavy (non-hydrogen) atoms. The topological polar surface area (TPSA) is 87.8 Å². The number of thiazole rings is 1. The molecule has 1 aliphatic rings. The summed E-state index contributed by atoms with van der Waals surface area (Å²) < 4.78 is 33.2. The number of hydrazone groups is 1. The highest BCUT2D eigenvalue weighted by atomic mass is 32.2. The Morgan fingerprint density at radius 1 is 1.06 bits per heavy atom. The molecule has 3 heterocycles. The number of sulfonamides is 1. The van der Waals surface area contributed by atoms with Crippen molar-refractivity contribution in [1.82, 2.24) is 9.29 Å². The predicted octanol–water partition coefficient (Wildman–Crippen LogP) is 5.49. The summed E-state index contributed by atoms with van der Waals surface area (Å²) >= 11 is 1.42. The lowest BCUT2D eigenvalue weighted by Gasteiger charge is -2.31. The van der Waals surface area contributed by atoms with Gasteiger partial charge in [0.1, 0.15) is 5.76 Å². The Morgan fingerprint density at radius 3 is 2.54 bits per heavy atom. The van der Waals surface area contributed by atoms with Gasteiger partial charge < -0.3 is 4.42 Å². The number of hydrogen-bond donors (Lipinski definition) is 1. The Labute approximate surface area is 209 Å². The number of piperidine rings is 1. The van der Waals surface area contributed by atoms with Gasteiger partial charge in [-0.3, -0.25) is 5.43 Å². The van der Waals surface area contributed by atoms with Crippen molar-refractivity contribution in [3.05, 3.63) is 89.7 Å². The SMILES string of the molecule is O=S(=O)(c1ccc(-c2csc(N/N=C/c3ccco3)n2)cc1)N1CCC(Cc2ccccc2)CC1. The monoisotopic (exact) mass is 506 g/mol. The summed E-state index contributed by atoms with van der Waals surface area (Å²) in [5.74, 6) is 1.16. The number of anilines is 1. The van der Waals surface area contributed by atoms with Gasteiger partial charge in [0.25, 0.3) is 0 Å². The molecule has 1 aliphatic heterocycles. The van der Waals surface area contributed by atoms with Crippen LogP contribution in [0.2, 0.25) is 0 Å². The first-order chi connectivity index (χ1) is 17.1. The Bertz CT molecular complexity index is 1360. The quantitative estimate of drug-likeness (QED) is 0.252. The maximum absolute atomic E-state index is 13.2. The van der Waals surface area contributed by atoms with Gasteiger partial charge in [-0.1, -0.05) is 42.5 Å². The Kier molecular flexibility index (Phi) is 7.08. The van der Waals surface area contributed by atoms with E-state index in [1.54, 1.807) is 53.2 Å². The average Bonchev–Trinajstić information content (AvgIpc) is 3.58. The lowest BCUT2D eigenvalue weighted by atomic mass is 9.91. The van der Waals surface area contributed by atoms with Crippen molar-refractivity contribution in [2.24, 2.45) is 11.0 Å². The summed E-state index contributed by atoms with van der Waals surface area (Å²) in [7, 11) is -3.51. The van der Waals surface area contributed by atoms with Gasteiger partial charge >= 0.3 is 0 Å². The second kappa shape index (κ2) is 10.6. The molecule has 0 amide bonds. The number of nitrogens with zero attached hydrogens (tertiary/aromatic N) is 3. The zero-order valence-electron chi connectivity index (χ0n) is 19.1. The molecule has 0 aliphatic carbocycles. The third-order valence-corrected chi connectivity index (χ3v) is 8.79. The number of nitrogens with one attached hydrogen (secondary N) is 1. The molecule has 0 unspecified atom stereocenters. The molecule has 2 aromatic heterocycles. The fourth-order valence-corrected chi connectivity index (χ4v) is 6.36. The average molecular weight is 507 g/mol. The van der Waals surface area contributed by atoms with E-state index in [0.717, 1.165) is 30.5 Å². The smallest absolute Gasteiger partial charge is 0.243 e. The summed E-state index contributed by atoms with van der Waals surface area (Å²) in [5, 5.41) is 6.66. The van der Waals surface area contributed by atoms with Crippen molar-refractivity contribution in [2.45, 2.75) is 24.2 Å². The minimum Gasteiger partial charge on any atom is -0.463 e. The van der Waals surface area contributed by atoms with Crippen LogP contribution in [0.3, 0.4) is 0 Å². The Hall–Kier alpha value is -3.27. The van der Waals surface area contributed by atoms with E-state index in [4.69, 9.17) is 4.42 Å². The second-order valence-electron chi connectivity index (χ2n) is 8.48. The van der Waals surface area contributed by atoms with Gasteiger partial charge in [-0.15, -0.1) is 11.3 Å². The van der Waals surface area contributed by atoms with Crippen LogP contribution in [-0.2, 0) is 16.4 Å². The molecule has 180 valence electrons. The molecule has 0 spiro atoms. The summed E-state index contributed by atoms with van der Waals surface area (Å²) in [6.07, 6.45) is 5.92. The van der Waals surface area contributed by atoms with E-state index in [1.165, 1.54) is 16.9 Å². The third-order valence-electron chi connectivity index (χ3n) is 6.13. The molecule has 0 radical (unpaired) electrons. The van der Waals surface area contributed by atoms with Crippen molar-refractivity contribution >= 4 is 32.7 Å². The highest BCUT2D eigenvalue weighted by Gasteiger charge is 2.29. The lowest BCUT2D eigenvalue weighted by Crippen LogP contribution is -2.38. The van der Waals surface area contributed by atoms with Gasteiger partial charge in [-0.2, -0.15) is 9.41 Å². The van der Waals surface area contributed by atoms with Crippen LogP contribution in [-0.4, -0.2) is 37.0 Å². The maximum atomic E-state index is 13.2. The van der Waals surface area contributed by atoms with Crippen molar-refractivity contribution in [3.8, 4) is 11.3 Å². The van der Waals surface area contributed by atoms with Gasteiger partial charge in [-0.05, 0) is 55.0 Å². The van der Waals surface area contributed by atoms with E-state index in [0.29, 0.717) is 34.8 Å². The molecular weight excluding hydrogens is 480 g/mol. The number of aromatic nitrogens is 1. The Balaban J connectivity index is 1.19. The molecule has 0 saturated carbocycles. The van der Waals surface area contributed by atoms with E-state index in [1.807, 2.05) is 11.4 Å². The largest absolute Gasteiger partial charge is 0.463 e. The molecule has 2 aromatic carbocycles. The molecule has 1 saturated heterocycles. The Morgan fingerprint density at radius 2 is 1.83 bits per heavy atom. The van der Waals surface area contributed by atoms with E-state index in [-0.39, 0.29) is 0 Å². The van der Waals surface area contributed by atoms with Gasteiger partial charge in [0, 0.05) is 24.0 Å². The lowest BCUT2D eigenvalue weighted by molar-refractivity contribution is 0.273. The van der Waals surface area contributed by atoms with Gasteiger partial charge in [-0.25, -0.2) is 13.4 Å². The summed E-state index contributed by atoms with van der Waals surface area (Å²) in [5.41, 5.74) is 5.81. The highest BCUT2D eigenvalue weighted by Crippen LogP contribution is 2.29. The van der Waals surface area contributed by atoms with E-state index in [2.05, 4.69) is 39.8 Å². The van der Waals surface area contributed by atoms with Crippen LogP contribution in [0.5, 0.6) is 0 Å². The first kappa shape index (κ1) is 23.5. The van der Waals surface area contributed by atoms with E-state index >= 15 is 0 Å². The van der Waals surface area contributed by atoms with Gasteiger partial charge in [0.05, 0.1) is 23.1 Å². The zero-order chi connectivity index (χ0) is 24.1. The number of rotatable bonds is 8. The van der Waals surface area contributed by atoms with Crippen molar-refractivity contribution < 1.29 is 12.8 Å². The van der Waals surface area contributed by atoms with Gasteiger partial charge in [0.15, 0.2) is 0 Å². The molecule has 9 heteroatoms. The van der Waals surface area contributed by atoms with Crippen LogP contribution in [0, 0.1) is 5.92 Å². The number of hydrogen-bond acceptors (Lipinski definition) is 7. The van der Waals surface area contributed by atoms with Crippen LogP contribution in [0.4, 0.5) is 5.13 Å². The standard InChI is InChI=1S/C26H26N4O3S2/c31-35(32,30-14-12-21(13-15-30)17-20-5-2-1-3-6-20)24-10-8-22(9-11-24)25-19-34-26(28-25)29-27-18-23-7-4-16-33-23/h1-11,16,18-19,21H,12-15,17H2,(H,28,29)/b27-18+. The molecule has 1 N–H and O–H groups in total. The summed E-state index contributed by atoms with van der Waals surface area (Å²) in [4.78, 5) is 4.85. The van der Waals surface area contributed by atoms with Crippen LogP contribution in [0.1, 0.15) is 24.2 Å². The minimum absolute atomic E-state index is 0.319.